The van der Waals surface area contributed by atoms with Gasteiger partial charge in [-0.1, -0.05) is 45.9 Å². The zero-order valence-electron chi connectivity index (χ0n) is 22.6. The molecule has 0 saturated heterocycles. The van der Waals surface area contributed by atoms with E-state index in [-0.39, 0.29) is 11.3 Å². The summed E-state index contributed by atoms with van der Waals surface area (Å²) in [5.74, 6) is 1.55. The molecule has 1 heterocycles. The Kier molecular flexibility index (Phi) is 8.32. The summed E-state index contributed by atoms with van der Waals surface area (Å²) in [6.07, 6.45) is 2.53. The van der Waals surface area contributed by atoms with E-state index in [1.807, 2.05) is 39.8 Å². The van der Waals surface area contributed by atoms with E-state index in [1.54, 1.807) is 19.0 Å². The molecule has 5 heteroatoms. The topological polar surface area (TPSA) is 62.9 Å². The molecule has 3 aromatic rings. The van der Waals surface area contributed by atoms with Crippen molar-refractivity contribution in [2.24, 2.45) is 5.41 Å². The lowest BCUT2D eigenvalue weighted by molar-refractivity contribution is 0.0216. The van der Waals surface area contributed by atoms with Crippen LogP contribution in [0.15, 0.2) is 40.8 Å². The van der Waals surface area contributed by atoms with Crippen LogP contribution in [-0.4, -0.2) is 42.7 Å². The number of hydrogen-bond donors (Lipinski definition) is 1. The maximum Gasteiger partial charge on any atom is 0.289 e. The molecule has 0 fully saturated rings. The molecule has 2 atom stereocenters. The fraction of sp³-hybridized carbons (Fsp3) is 0.500. The zero-order chi connectivity index (χ0) is 25.9. The highest BCUT2D eigenvalue weighted by molar-refractivity contribution is 5.98. The van der Waals surface area contributed by atoms with Crippen LogP contribution in [0, 0.1) is 19.3 Å². The first-order chi connectivity index (χ1) is 16.4. The Labute approximate surface area is 210 Å². The summed E-state index contributed by atoms with van der Waals surface area (Å²) in [4.78, 5) is 14.0. The van der Waals surface area contributed by atoms with Gasteiger partial charge < -0.3 is 19.2 Å². The lowest BCUT2D eigenvalue weighted by atomic mass is 9.89. The molecule has 190 valence electrons. The Morgan fingerprint density at radius 3 is 2.43 bits per heavy atom. The number of aliphatic hydroxyl groups excluding tert-OH is 1. The molecule has 0 spiro atoms. The molecule has 0 aliphatic carbocycles. The highest BCUT2D eigenvalue weighted by atomic mass is 16.5. The summed E-state index contributed by atoms with van der Waals surface area (Å²) in [6.45, 7) is 12.6. The van der Waals surface area contributed by atoms with Gasteiger partial charge in [-0.05, 0) is 79.3 Å². The summed E-state index contributed by atoms with van der Waals surface area (Å²) in [5.41, 5.74) is 5.10. The van der Waals surface area contributed by atoms with Gasteiger partial charge in [0.15, 0.2) is 5.76 Å². The Hall–Kier alpha value is -2.79. The average molecular weight is 480 g/mol. The van der Waals surface area contributed by atoms with Crippen LogP contribution < -0.4 is 4.74 Å². The van der Waals surface area contributed by atoms with E-state index in [1.165, 1.54) is 11.1 Å². The summed E-state index contributed by atoms with van der Waals surface area (Å²) >= 11 is 0. The standard InChI is InChI=1S/C30H41NO4/c1-9-22(23-13-15-26-24(17-23)20(3)28(35-26)29(33)31(7)8)12-10-21-11-14-25(19(2)16-21)34-18-27(32)30(4,5)6/h11,13-17,22,27,32H,9-10,12,18H2,1-8H3. The second kappa shape index (κ2) is 10.9. The van der Waals surface area contributed by atoms with Crippen LogP contribution in [0.5, 0.6) is 5.75 Å². The molecule has 2 unspecified atom stereocenters. The van der Waals surface area contributed by atoms with Crippen molar-refractivity contribution in [2.45, 2.75) is 72.8 Å². The van der Waals surface area contributed by atoms with Crippen molar-refractivity contribution in [3.63, 3.8) is 0 Å². The predicted molar refractivity (Wildman–Crippen MR) is 142 cm³/mol. The molecular weight excluding hydrogens is 438 g/mol. The molecule has 3 rings (SSSR count). The normalized spacial score (nSPS) is 13.6. The van der Waals surface area contributed by atoms with E-state index in [0.717, 1.165) is 47.1 Å². The van der Waals surface area contributed by atoms with Gasteiger partial charge in [-0.25, -0.2) is 0 Å². The van der Waals surface area contributed by atoms with Gasteiger partial charge in [0, 0.05) is 25.0 Å². The molecule has 2 aromatic carbocycles. The third-order valence-electron chi connectivity index (χ3n) is 6.94. The molecule has 1 N–H and O–H groups in total. The minimum absolute atomic E-state index is 0.108. The number of amides is 1. The van der Waals surface area contributed by atoms with Crippen LogP contribution in [0.2, 0.25) is 0 Å². The van der Waals surface area contributed by atoms with Crippen LogP contribution in [0.4, 0.5) is 0 Å². The first-order valence-electron chi connectivity index (χ1n) is 12.6. The van der Waals surface area contributed by atoms with Gasteiger partial charge in [-0.2, -0.15) is 0 Å². The van der Waals surface area contributed by atoms with E-state index in [9.17, 15) is 9.90 Å². The van der Waals surface area contributed by atoms with E-state index >= 15 is 0 Å². The van der Waals surface area contributed by atoms with Gasteiger partial charge in [0.05, 0.1) is 6.10 Å². The van der Waals surface area contributed by atoms with Crippen LogP contribution in [-0.2, 0) is 6.42 Å². The van der Waals surface area contributed by atoms with Gasteiger partial charge in [-0.3, -0.25) is 4.79 Å². The number of carbonyl (C=O) groups is 1. The Morgan fingerprint density at radius 2 is 1.83 bits per heavy atom. The Balaban J connectivity index is 1.70. The molecule has 0 saturated carbocycles. The lowest BCUT2D eigenvalue weighted by Crippen LogP contribution is -2.32. The molecule has 1 aromatic heterocycles. The van der Waals surface area contributed by atoms with Gasteiger partial charge in [0.1, 0.15) is 17.9 Å². The van der Waals surface area contributed by atoms with Gasteiger partial charge in [0.25, 0.3) is 5.91 Å². The van der Waals surface area contributed by atoms with Crippen molar-refractivity contribution in [1.29, 1.82) is 0 Å². The van der Waals surface area contributed by atoms with Crippen molar-refractivity contribution in [1.82, 2.24) is 4.90 Å². The third-order valence-corrected chi connectivity index (χ3v) is 6.94. The summed E-state index contributed by atoms with van der Waals surface area (Å²) in [6, 6.07) is 12.7. The molecule has 5 nitrogen and oxygen atoms in total. The number of nitrogens with zero attached hydrogens (tertiary/aromatic N) is 1. The van der Waals surface area contributed by atoms with Crippen LogP contribution in [0.3, 0.4) is 0 Å². The first kappa shape index (κ1) is 26.8. The fourth-order valence-electron chi connectivity index (χ4n) is 4.29. The summed E-state index contributed by atoms with van der Waals surface area (Å²) in [7, 11) is 3.48. The summed E-state index contributed by atoms with van der Waals surface area (Å²) in [5, 5.41) is 11.3. The minimum Gasteiger partial charge on any atom is -0.491 e. The second-order valence-corrected chi connectivity index (χ2v) is 10.9. The lowest BCUT2D eigenvalue weighted by Gasteiger charge is -2.26. The van der Waals surface area contributed by atoms with E-state index < -0.39 is 6.10 Å². The number of furan rings is 1. The third kappa shape index (κ3) is 6.26. The maximum absolute atomic E-state index is 12.4. The highest BCUT2D eigenvalue weighted by Crippen LogP contribution is 2.33. The fourth-order valence-corrected chi connectivity index (χ4v) is 4.29. The maximum atomic E-state index is 12.4. The van der Waals surface area contributed by atoms with E-state index in [2.05, 4.69) is 38.1 Å². The smallest absolute Gasteiger partial charge is 0.289 e. The van der Waals surface area contributed by atoms with Gasteiger partial charge >= 0.3 is 0 Å². The van der Waals surface area contributed by atoms with E-state index in [0.29, 0.717) is 18.3 Å². The molecule has 0 aliphatic heterocycles. The second-order valence-electron chi connectivity index (χ2n) is 10.9. The molecular formula is C30H41NO4. The number of hydrogen-bond acceptors (Lipinski definition) is 4. The average Bonchev–Trinajstić information content (AvgIpc) is 3.13. The molecule has 0 radical (unpaired) electrons. The SMILES string of the molecule is CCC(CCc1ccc(OCC(O)C(C)(C)C)c(C)c1)c1ccc2oc(C(=O)N(C)C)c(C)c2c1. The van der Waals surface area contributed by atoms with E-state index in [4.69, 9.17) is 9.15 Å². The van der Waals surface area contributed by atoms with Crippen molar-refractivity contribution < 1.29 is 19.1 Å². The van der Waals surface area contributed by atoms with Crippen molar-refractivity contribution in [3.05, 3.63) is 64.4 Å². The Morgan fingerprint density at radius 1 is 1.11 bits per heavy atom. The van der Waals surface area contributed by atoms with Crippen molar-refractivity contribution in [2.75, 3.05) is 20.7 Å². The Bertz CT molecular complexity index is 1170. The number of benzene rings is 2. The first-order valence-corrected chi connectivity index (χ1v) is 12.6. The molecule has 0 bridgehead atoms. The van der Waals surface area contributed by atoms with Crippen LogP contribution in [0.1, 0.15) is 79.3 Å². The van der Waals surface area contributed by atoms with Gasteiger partial charge in [-0.15, -0.1) is 0 Å². The quantitative estimate of drug-likeness (QED) is 0.373. The van der Waals surface area contributed by atoms with Crippen molar-refractivity contribution in [3.8, 4) is 5.75 Å². The number of ether oxygens (including phenoxy) is 1. The monoisotopic (exact) mass is 479 g/mol. The number of aryl methyl sites for hydroxylation is 3. The minimum atomic E-state index is -0.514. The van der Waals surface area contributed by atoms with Crippen LogP contribution in [0.25, 0.3) is 11.0 Å². The largest absolute Gasteiger partial charge is 0.491 e. The van der Waals surface area contributed by atoms with Crippen LogP contribution >= 0.6 is 0 Å². The number of aliphatic hydroxyl groups is 1. The highest BCUT2D eigenvalue weighted by Gasteiger charge is 2.23. The number of carbonyl (C=O) groups excluding carboxylic acids is 1. The number of fused-ring (bicyclic) bond motifs is 1. The summed E-state index contributed by atoms with van der Waals surface area (Å²) < 4.78 is 11.8. The molecule has 35 heavy (non-hydrogen) atoms. The van der Waals surface area contributed by atoms with Gasteiger partial charge in [0.2, 0.25) is 0 Å². The zero-order valence-corrected chi connectivity index (χ0v) is 22.6. The number of rotatable bonds is 9. The molecule has 1 amide bonds. The molecule has 0 aliphatic rings. The van der Waals surface area contributed by atoms with Crippen molar-refractivity contribution >= 4 is 16.9 Å². The predicted octanol–water partition coefficient (Wildman–Crippen LogP) is 6.66.